The summed E-state index contributed by atoms with van der Waals surface area (Å²) in [6, 6.07) is 6.13. The van der Waals surface area contributed by atoms with Gasteiger partial charge in [-0.15, -0.1) is 0 Å². The molecule has 94 valence electrons. The second-order valence-corrected chi connectivity index (χ2v) is 5.74. The Morgan fingerprint density at radius 1 is 1.33 bits per heavy atom. The van der Waals surface area contributed by atoms with Crippen molar-refractivity contribution in [3.63, 3.8) is 0 Å². The van der Waals surface area contributed by atoms with Crippen LogP contribution in [0.4, 0.5) is 11.4 Å². The summed E-state index contributed by atoms with van der Waals surface area (Å²) in [5.41, 5.74) is 9.48. The van der Waals surface area contributed by atoms with Crippen molar-refractivity contribution in [2.75, 3.05) is 17.6 Å². The molecule has 0 bridgehead atoms. The highest BCUT2D eigenvalue weighted by Gasteiger charge is 2.36. The fourth-order valence-electron chi connectivity index (χ4n) is 2.22. The summed E-state index contributed by atoms with van der Waals surface area (Å²) in [6.07, 6.45) is 4.52. The number of nitrogens with two attached hydrogens (primary N) is 1. The zero-order chi connectivity index (χ0) is 12.8. The third-order valence-electron chi connectivity index (χ3n) is 3.88. The minimum absolute atomic E-state index is 0.496. The van der Waals surface area contributed by atoms with Crippen LogP contribution in [0.3, 0.4) is 0 Å². The Morgan fingerprint density at radius 2 is 2.11 bits per heavy atom. The standard InChI is InChI=1S/C15H19N3/c1-10-7-11-12(8-17-10)13(16)3-4-14(11)18-9-15(2)5-6-15/h3-4,7-8,18H,5-6,9,16H2,1-2H3. The van der Waals surface area contributed by atoms with Gasteiger partial charge in [-0.2, -0.15) is 0 Å². The zero-order valence-electron chi connectivity index (χ0n) is 11.0. The van der Waals surface area contributed by atoms with Crippen LogP contribution in [0, 0.1) is 12.3 Å². The molecular weight excluding hydrogens is 222 g/mol. The van der Waals surface area contributed by atoms with E-state index in [0.717, 1.165) is 29.0 Å². The van der Waals surface area contributed by atoms with Crippen molar-refractivity contribution in [1.82, 2.24) is 4.98 Å². The first kappa shape index (κ1) is 11.3. The smallest absolute Gasteiger partial charge is 0.0422 e. The lowest BCUT2D eigenvalue weighted by molar-refractivity contribution is 0.611. The van der Waals surface area contributed by atoms with Crippen LogP contribution in [-0.2, 0) is 0 Å². The van der Waals surface area contributed by atoms with E-state index in [0.29, 0.717) is 5.41 Å². The van der Waals surface area contributed by atoms with Crippen molar-refractivity contribution < 1.29 is 0 Å². The van der Waals surface area contributed by atoms with Crippen molar-refractivity contribution in [2.45, 2.75) is 26.7 Å². The van der Waals surface area contributed by atoms with Gasteiger partial charge < -0.3 is 11.1 Å². The third kappa shape index (κ3) is 2.01. The maximum Gasteiger partial charge on any atom is 0.0422 e. The SMILES string of the molecule is Cc1cc2c(NCC3(C)CC3)ccc(N)c2cn1. The van der Waals surface area contributed by atoms with Gasteiger partial charge in [-0.1, -0.05) is 6.92 Å². The summed E-state index contributed by atoms with van der Waals surface area (Å²) in [5, 5.41) is 5.77. The third-order valence-corrected chi connectivity index (χ3v) is 3.88. The molecule has 1 aliphatic carbocycles. The second kappa shape index (κ2) is 3.87. The van der Waals surface area contributed by atoms with Gasteiger partial charge in [0.05, 0.1) is 0 Å². The van der Waals surface area contributed by atoms with Gasteiger partial charge in [0.25, 0.3) is 0 Å². The topological polar surface area (TPSA) is 50.9 Å². The van der Waals surface area contributed by atoms with Gasteiger partial charge in [-0.25, -0.2) is 0 Å². The van der Waals surface area contributed by atoms with Crippen LogP contribution in [0.15, 0.2) is 24.4 Å². The highest BCUT2D eigenvalue weighted by Crippen LogP contribution is 2.45. The van der Waals surface area contributed by atoms with Gasteiger partial charge in [0.15, 0.2) is 0 Å². The van der Waals surface area contributed by atoms with Crippen LogP contribution < -0.4 is 11.1 Å². The Labute approximate surface area is 107 Å². The Morgan fingerprint density at radius 3 is 2.83 bits per heavy atom. The highest BCUT2D eigenvalue weighted by molar-refractivity contribution is 6.00. The molecule has 0 unspecified atom stereocenters. The molecular formula is C15H19N3. The van der Waals surface area contributed by atoms with E-state index in [1.165, 1.54) is 18.2 Å². The normalized spacial score (nSPS) is 16.8. The number of nitrogen functional groups attached to an aromatic ring is 1. The molecule has 1 aromatic carbocycles. The summed E-state index contributed by atoms with van der Waals surface area (Å²) in [7, 11) is 0. The summed E-state index contributed by atoms with van der Waals surface area (Å²) in [4.78, 5) is 4.32. The number of aryl methyl sites for hydroxylation is 1. The molecule has 1 heterocycles. The van der Waals surface area contributed by atoms with Crippen molar-refractivity contribution in [3.8, 4) is 0 Å². The lowest BCUT2D eigenvalue weighted by Crippen LogP contribution is -2.12. The molecule has 1 aromatic heterocycles. The number of hydrogen-bond acceptors (Lipinski definition) is 3. The maximum atomic E-state index is 6.00. The first-order chi connectivity index (χ1) is 8.57. The monoisotopic (exact) mass is 241 g/mol. The number of fused-ring (bicyclic) bond motifs is 1. The summed E-state index contributed by atoms with van der Waals surface area (Å²) < 4.78 is 0. The lowest BCUT2D eigenvalue weighted by Gasteiger charge is -2.14. The predicted octanol–water partition coefficient (Wildman–Crippen LogP) is 3.34. The summed E-state index contributed by atoms with van der Waals surface area (Å²) in [6.45, 7) is 5.37. The van der Waals surface area contributed by atoms with E-state index in [1.807, 2.05) is 19.2 Å². The molecule has 3 rings (SSSR count). The van der Waals surface area contributed by atoms with E-state index >= 15 is 0 Å². The van der Waals surface area contributed by atoms with E-state index in [-0.39, 0.29) is 0 Å². The molecule has 0 aliphatic heterocycles. The Balaban J connectivity index is 2.00. The molecule has 3 N–H and O–H groups in total. The molecule has 3 heteroatoms. The number of nitrogens with one attached hydrogen (secondary N) is 1. The fraction of sp³-hybridized carbons (Fsp3) is 0.400. The van der Waals surface area contributed by atoms with Gasteiger partial charge in [0.2, 0.25) is 0 Å². The number of rotatable bonds is 3. The molecule has 1 fully saturated rings. The molecule has 18 heavy (non-hydrogen) atoms. The van der Waals surface area contributed by atoms with Crippen LogP contribution in [0.2, 0.25) is 0 Å². The number of benzene rings is 1. The van der Waals surface area contributed by atoms with Crippen LogP contribution in [0.5, 0.6) is 0 Å². The number of anilines is 2. The maximum absolute atomic E-state index is 6.00. The van der Waals surface area contributed by atoms with E-state index in [1.54, 1.807) is 0 Å². The molecule has 0 radical (unpaired) electrons. The average Bonchev–Trinajstić information content (AvgIpc) is 3.07. The summed E-state index contributed by atoms with van der Waals surface area (Å²) in [5.74, 6) is 0. The van der Waals surface area contributed by atoms with Gasteiger partial charge in [-0.05, 0) is 43.4 Å². The number of nitrogens with zero attached hydrogens (tertiary/aromatic N) is 1. The minimum Gasteiger partial charge on any atom is -0.398 e. The molecule has 2 aromatic rings. The molecule has 3 nitrogen and oxygen atoms in total. The van der Waals surface area contributed by atoms with E-state index in [4.69, 9.17) is 5.73 Å². The van der Waals surface area contributed by atoms with Crippen LogP contribution >= 0.6 is 0 Å². The molecule has 0 atom stereocenters. The minimum atomic E-state index is 0.496. The summed E-state index contributed by atoms with van der Waals surface area (Å²) >= 11 is 0. The number of aromatic nitrogens is 1. The molecule has 1 aliphatic rings. The predicted molar refractivity (Wildman–Crippen MR) is 76.7 cm³/mol. The van der Waals surface area contributed by atoms with Crippen molar-refractivity contribution in [3.05, 3.63) is 30.1 Å². The quantitative estimate of drug-likeness (QED) is 0.810. The Hall–Kier alpha value is -1.77. The lowest BCUT2D eigenvalue weighted by atomic mass is 10.1. The molecule has 0 amide bonds. The van der Waals surface area contributed by atoms with Crippen molar-refractivity contribution in [2.24, 2.45) is 5.41 Å². The molecule has 1 saturated carbocycles. The van der Waals surface area contributed by atoms with Crippen molar-refractivity contribution in [1.29, 1.82) is 0 Å². The molecule has 0 spiro atoms. The van der Waals surface area contributed by atoms with Gasteiger partial charge >= 0.3 is 0 Å². The number of hydrogen-bond donors (Lipinski definition) is 2. The zero-order valence-corrected chi connectivity index (χ0v) is 11.0. The van der Waals surface area contributed by atoms with E-state index in [9.17, 15) is 0 Å². The second-order valence-electron chi connectivity index (χ2n) is 5.74. The Bertz CT molecular complexity index is 600. The first-order valence-electron chi connectivity index (χ1n) is 6.46. The van der Waals surface area contributed by atoms with E-state index in [2.05, 4.69) is 29.4 Å². The van der Waals surface area contributed by atoms with Gasteiger partial charge in [0, 0.05) is 40.6 Å². The van der Waals surface area contributed by atoms with Crippen LogP contribution in [0.1, 0.15) is 25.5 Å². The average molecular weight is 241 g/mol. The van der Waals surface area contributed by atoms with E-state index < -0.39 is 0 Å². The fourth-order valence-corrected chi connectivity index (χ4v) is 2.22. The van der Waals surface area contributed by atoms with Crippen LogP contribution in [0.25, 0.3) is 10.8 Å². The highest BCUT2D eigenvalue weighted by atomic mass is 14.9. The van der Waals surface area contributed by atoms with Gasteiger partial charge in [-0.3, -0.25) is 4.98 Å². The Kier molecular flexibility index (Phi) is 2.44. The van der Waals surface area contributed by atoms with Crippen molar-refractivity contribution >= 4 is 22.1 Å². The van der Waals surface area contributed by atoms with Crippen LogP contribution in [-0.4, -0.2) is 11.5 Å². The molecule has 0 saturated heterocycles. The largest absolute Gasteiger partial charge is 0.398 e. The van der Waals surface area contributed by atoms with Gasteiger partial charge in [0.1, 0.15) is 0 Å². The first-order valence-corrected chi connectivity index (χ1v) is 6.46. The number of pyridine rings is 1.